The SMILES string of the molecule is Cc1cc(C(C)Nc2ccc(Cl)nc2C(N)=O)c2oc(-c3cnn(C(F)F)c3)c(C)c(=O)c2c1. The molecule has 0 saturated carbocycles. The summed E-state index contributed by atoms with van der Waals surface area (Å²) in [5.74, 6) is -0.612. The molecule has 3 aromatic heterocycles. The lowest BCUT2D eigenvalue weighted by Gasteiger charge is -2.19. The number of amides is 1. The highest BCUT2D eigenvalue weighted by atomic mass is 35.5. The molecule has 8 nitrogen and oxygen atoms in total. The van der Waals surface area contributed by atoms with E-state index in [-0.39, 0.29) is 38.7 Å². The highest BCUT2D eigenvalue weighted by molar-refractivity contribution is 6.29. The summed E-state index contributed by atoms with van der Waals surface area (Å²) in [6.45, 7) is 2.39. The van der Waals surface area contributed by atoms with Crippen molar-refractivity contribution >= 4 is 34.2 Å². The third-order valence-electron chi connectivity index (χ3n) is 5.39. The van der Waals surface area contributed by atoms with Crippen molar-refractivity contribution in [2.75, 3.05) is 5.32 Å². The number of nitrogens with two attached hydrogens (primary N) is 1. The highest BCUT2D eigenvalue weighted by Gasteiger charge is 2.21. The van der Waals surface area contributed by atoms with E-state index in [0.29, 0.717) is 21.3 Å². The van der Waals surface area contributed by atoms with Crippen LogP contribution in [0.4, 0.5) is 14.5 Å². The molecule has 0 aliphatic rings. The molecule has 1 amide bonds. The van der Waals surface area contributed by atoms with E-state index >= 15 is 0 Å². The Bertz CT molecular complexity index is 1480. The monoisotopic (exact) mass is 487 g/mol. The number of aromatic nitrogens is 3. The zero-order valence-electron chi connectivity index (χ0n) is 18.4. The van der Waals surface area contributed by atoms with Gasteiger partial charge in [-0.2, -0.15) is 13.9 Å². The fourth-order valence-electron chi connectivity index (χ4n) is 3.78. The van der Waals surface area contributed by atoms with Gasteiger partial charge < -0.3 is 15.5 Å². The van der Waals surface area contributed by atoms with Crippen LogP contribution in [0.5, 0.6) is 0 Å². The maximum Gasteiger partial charge on any atom is 0.333 e. The van der Waals surface area contributed by atoms with E-state index in [1.165, 1.54) is 12.3 Å². The topological polar surface area (TPSA) is 116 Å². The molecule has 4 rings (SSSR count). The van der Waals surface area contributed by atoms with Gasteiger partial charge in [-0.3, -0.25) is 9.59 Å². The van der Waals surface area contributed by atoms with E-state index in [1.54, 1.807) is 19.1 Å². The number of rotatable bonds is 6. The Morgan fingerprint density at radius 1 is 1.26 bits per heavy atom. The minimum absolute atomic E-state index is 0.0336. The second kappa shape index (κ2) is 8.86. The van der Waals surface area contributed by atoms with Crippen LogP contribution in [-0.2, 0) is 0 Å². The van der Waals surface area contributed by atoms with Crippen LogP contribution in [0.2, 0.25) is 5.15 Å². The molecular formula is C23H20ClF2N5O3. The van der Waals surface area contributed by atoms with Crippen LogP contribution in [-0.4, -0.2) is 20.7 Å². The number of primary amides is 1. The molecule has 1 atom stereocenters. The molecule has 0 spiro atoms. The highest BCUT2D eigenvalue weighted by Crippen LogP contribution is 2.33. The Kier molecular flexibility index (Phi) is 6.09. The van der Waals surface area contributed by atoms with Gasteiger partial charge in [0, 0.05) is 17.3 Å². The molecule has 3 heterocycles. The summed E-state index contributed by atoms with van der Waals surface area (Å²) in [6.07, 6.45) is 2.34. The molecule has 11 heteroatoms. The molecular weight excluding hydrogens is 468 g/mol. The van der Waals surface area contributed by atoms with Crippen molar-refractivity contribution in [2.45, 2.75) is 33.4 Å². The van der Waals surface area contributed by atoms with Crippen molar-refractivity contribution in [2.24, 2.45) is 5.73 Å². The van der Waals surface area contributed by atoms with E-state index in [2.05, 4.69) is 15.4 Å². The Balaban J connectivity index is 1.87. The van der Waals surface area contributed by atoms with Crippen LogP contribution in [0, 0.1) is 13.8 Å². The van der Waals surface area contributed by atoms with E-state index in [4.69, 9.17) is 21.8 Å². The molecule has 0 saturated heterocycles. The number of halogens is 3. The van der Waals surface area contributed by atoms with Crippen LogP contribution >= 0.6 is 11.6 Å². The van der Waals surface area contributed by atoms with E-state index < -0.39 is 18.5 Å². The predicted octanol–water partition coefficient (Wildman–Crippen LogP) is 4.99. The summed E-state index contributed by atoms with van der Waals surface area (Å²) in [6, 6.07) is 6.16. The number of nitrogens with zero attached hydrogens (tertiary/aromatic N) is 3. The van der Waals surface area contributed by atoms with Crippen molar-refractivity contribution in [1.82, 2.24) is 14.8 Å². The molecule has 0 aliphatic heterocycles. The van der Waals surface area contributed by atoms with Gasteiger partial charge >= 0.3 is 6.55 Å². The standard InChI is InChI=1S/C23H20ClF2N5O3/c1-10-6-14(12(3)29-16-4-5-17(24)30-18(16)22(27)33)21-15(7-10)19(32)11(2)20(34-21)13-8-28-31(9-13)23(25)26/h4-9,12,23,29H,1-3H3,(H2,27,33). The number of carbonyl (C=O) groups is 1. The van der Waals surface area contributed by atoms with Gasteiger partial charge in [0.15, 0.2) is 11.1 Å². The Morgan fingerprint density at radius 3 is 2.65 bits per heavy atom. The van der Waals surface area contributed by atoms with E-state index in [1.807, 2.05) is 19.9 Å². The molecule has 0 radical (unpaired) electrons. The molecule has 0 aliphatic carbocycles. The zero-order chi connectivity index (χ0) is 24.7. The number of anilines is 1. The van der Waals surface area contributed by atoms with E-state index in [0.717, 1.165) is 11.8 Å². The van der Waals surface area contributed by atoms with Crippen molar-refractivity contribution in [3.63, 3.8) is 0 Å². The molecule has 0 bridgehead atoms. The number of pyridine rings is 1. The number of carbonyl (C=O) groups excluding carboxylic acids is 1. The summed E-state index contributed by atoms with van der Waals surface area (Å²) in [5.41, 5.74) is 7.70. The number of hydrogen-bond donors (Lipinski definition) is 2. The second-order valence-electron chi connectivity index (χ2n) is 7.86. The van der Waals surface area contributed by atoms with Crippen molar-refractivity contribution in [3.8, 4) is 11.3 Å². The lowest BCUT2D eigenvalue weighted by atomic mass is 9.99. The van der Waals surface area contributed by atoms with Gasteiger partial charge in [-0.25, -0.2) is 9.67 Å². The van der Waals surface area contributed by atoms with Gasteiger partial charge in [0.05, 0.1) is 28.9 Å². The fourth-order valence-corrected chi connectivity index (χ4v) is 3.92. The van der Waals surface area contributed by atoms with Gasteiger partial charge in [-0.05, 0) is 44.5 Å². The Morgan fingerprint density at radius 2 is 2.00 bits per heavy atom. The van der Waals surface area contributed by atoms with E-state index in [9.17, 15) is 18.4 Å². The van der Waals surface area contributed by atoms with Gasteiger partial charge in [0.25, 0.3) is 5.91 Å². The molecule has 176 valence electrons. The van der Waals surface area contributed by atoms with Crippen LogP contribution in [0.15, 0.2) is 45.9 Å². The first-order chi connectivity index (χ1) is 16.1. The van der Waals surface area contributed by atoms with Gasteiger partial charge in [-0.15, -0.1) is 0 Å². The largest absolute Gasteiger partial charge is 0.455 e. The van der Waals surface area contributed by atoms with Crippen LogP contribution < -0.4 is 16.5 Å². The summed E-state index contributed by atoms with van der Waals surface area (Å²) >= 11 is 5.89. The second-order valence-corrected chi connectivity index (χ2v) is 8.25. The number of aryl methyl sites for hydroxylation is 1. The molecule has 34 heavy (non-hydrogen) atoms. The molecule has 3 N–H and O–H groups in total. The average Bonchev–Trinajstić information content (AvgIpc) is 3.27. The minimum atomic E-state index is -2.82. The Labute approximate surface area is 197 Å². The van der Waals surface area contributed by atoms with Gasteiger partial charge in [-0.1, -0.05) is 17.7 Å². The summed E-state index contributed by atoms with van der Waals surface area (Å²) in [4.78, 5) is 29.0. The van der Waals surface area contributed by atoms with Crippen molar-refractivity contribution in [3.05, 3.63) is 74.4 Å². The first-order valence-corrected chi connectivity index (χ1v) is 10.6. The quantitative estimate of drug-likeness (QED) is 0.370. The smallest absolute Gasteiger partial charge is 0.333 e. The normalized spacial score (nSPS) is 12.3. The number of alkyl halides is 2. The zero-order valence-corrected chi connectivity index (χ0v) is 19.2. The molecule has 4 aromatic rings. The van der Waals surface area contributed by atoms with Crippen LogP contribution in [0.3, 0.4) is 0 Å². The van der Waals surface area contributed by atoms with Crippen LogP contribution in [0.1, 0.15) is 46.7 Å². The summed E-state index contributed by atoms with van der Waals surface area (Å²) in [7, 11) is 0. The first kappa shape index (κ1) is 23.4. The van der Waals surface area contributed by atoms with Gasteiger partial charge in [0.2, 0.25) is 0 Å². The fraction of sp³-hybridized carbons (Fsp3) is 0.217. The Hall–Kier alpha value is -3.79. The minimum Gasteiger partial charge on any atom is -0.455 e. The molecule has 1 unspecified atom stereocenters. The number of hydrogen-bond acceptors (Lipinski definition) is 6. The van der Waals surface area contributed by atoms with Crippen molar-refractivity contribution < 1.29 is 18.0 Å². The average molecular weight is 488 g/mol. The maximum atomic E-state index is 13.2. The maximum absolute atomic E-state index is 13.2. The lowest BCUT2D eigenvalue weighted by molar-refractivity contribution is 0.0566. The summed E-state index contributed by atoms with van der Waals surface area (Å²) < 4.78 is 32.6. The number of benzene rings is 1. The number of fused-ring (bicyclic) bond motifs is 1. The first-order valence-electron chi connectivity index (χ1n) is 10.2. The van der Waals surface area contributed by atoms with Gasteiger partial charge in [0.1, 0.15) is 16.5 Å². The lowest BCUT2D eigenvalue weighted by Crippen LogP contribution is -2.18. The molecule has 0 fully saturated rings. The van der Waals surface area contributed by atoms with Crippen LogP contribution in [0.25, 0.3) is 22.3 Å². The molecule has 1 aromatic carbocycles. The number of nitrogens with one attached hydrogen (secondary N) is 1. The third-order valence-corrected chi connectivity index (χ3v) is 5.60. The summed E-state index contributed by atoms with van der Waals surface area (Å²) in [5, 5.41) is 7.26. The van der Waals surface area contributed by atoms with Crippen molar-refractivity contribution in [1.29, 1.82) is 0 Å². The predicted molar refractivity (Wildman–Crippen MR) is 124 cm³/mol. The third kappa shape index (κ3) is 4.24.